The second-order valence-corrected chi connectivity index (χ2v) is 6.43. The van der Waals surface area contributed by atoms with E-state index >= 15 is 0 Å². The molecule has 0 unspecified atom stereocenters. The van der Waals surface area contributed by atoms with Crippen LogP contribution in [0, 0.1) is 0 Å². The first-order chi connectivity index (χ1) is 13.2. The van der Waals surface area contributed by atoms with Crippen molar-refractivity contribution >= 4 is 11.8 Å². The van der Waals surface area contributed by atoms with Crippen molar-refractivity contribution in [2.24, 2.45) is 0 Å². The van der Waals surface area contributed by atoms with Crippen LogP contribution in [0.2, 0.25) is 0 Å². The van der Waals surface area contributed by atoms with E-state index in [0.29, 0.717) is 5.95 Å². The lowest BCUT2D eigenvalue weighted by Crippen LogP contribution is -2.21. The first-order valence-corrected chi connectivity index (χ1v) is 9.02. The summed E-state index contributed by atoms with van der Waals surface area (Å²) in [7, 11) is 4.08. The molecule has 0 fully saturated rings. The fourth-order valence-corrected chi connectivity index (χ4v) is 2.54. The van der Waals surface area contributed by atoms with E-state index in [2.05, 4.69) is 35.5 Å². The predicted molar refractivity (Wildman–Crippen MR) is 109 cm³/mol. The lowest BCUT2D eigenvalue weighted by Gasteiger charge is -2.13. The molecule has 7 nitrogen and oxygen atoms in total. The minimum atomic E-state index is 0.617. The summed E-state index contributed by atoms with van der Waals surface area (Å²) in [4.78, 5) is 19.8. The van der Waals surface area contributed by atoms with Gasteiger partial charge in [-0.2, -0.15) is 4.98 Å². The summed E-state index contributed by atoms with van der Waals surface area (Å²) < 4.78 is 0. The maximum Gasteiger partial charge on any atom is 0.225 e. The number of rotatable bonds is 9. The van der Waals surface area contributed by atoms with Crippen LogP contribution in [-0.2, 0) is 6.42 Å². The van der Waals surface area contributed by atoms with Crippen LogP contribution in [0.3, 0.4) is 0 Å². The number of likely N-dealkylation sites (N-methyl/N-ethyl adjacent to an activating group) is 1. The Morgan fingerprint density at radius 2 is 1.78 bits per heavy atom. The van der Waals surface area contributed by atoms with Gasteiger partial charge in [0.2, 0.25) is 5.95 Å². The van der Waals surface area contributed by atoms with E-state index in [1.165, 1.54) is 0 Å². The Morgan fingerprint density at radius 1 is 0.926 bits per heavy atom. The van der Waals surface area contributed by atoms with Crippen molar-refractivity contribution in [1.29, 1.82) is 0 Å². The molecule has 3 rings (SSSR count). The first-order valence-electron chi connectivity index (χ1n) is 9.02. The van der Waals surface area contributed by atoms with Crippen LogP contribution in [0.15, 0.2) is 55.0 Å². The van der Waals surface area contributed by atoms with Gasteiger partial charge in [0.25, 0.3) is 0 Å². The molecule has 0 radical (unpaired) electrons. The van der Waals surface area contributed by atoms with Crippen LogP contribution in [0.5, 0.6) is 0 Å². The van der Waals surface area contributed by atoms with Crippen LogP contribution >= 0.6 is 0 Å². The monoisotopic (exact) mass is 363 g/mol. The molecule has 3 aromatic heterocycles. The van der Waals surface area contributed by atoms with Gasteiger partial charge < -0.3 is 15.5 Å². The Hall–Kier alpha value is -3.06. The Balaban J connectivity index is 1.72. The molecular formula is C20H25N7. The largest absolute Gasteiger partial charge is 0.369 e. The average molecular weight is 363 g/mol. The van der Waals surface area contributed by atoms with Gasteiger partial charge in [-0.25, -0.2) is 4.98 Å². The van der Waals surface area contributed by atoms with Crippen LogP contribution in [0.25, 0.3) is 11.3 Å². The van der Waals surface area contributed by atoms with Gasteiger partial charge in [0.1, 0.15) is 5.82 Å². The number of nitrogens with one attached hydrogen (secondary N) is 2. The molecule has 0 spiro atoms. The summed E-state index contributed by atoms with van der Waals surface area (Å²) in [6.07, 6.45) is 6.18. The summed E-state index contributed by atoms with van der Waals surface area (Å²) in [5, 5.41) is 6.69. The average Bonchev–Trinajstić information content (AvgIpc) is 2.69. The van der Waals surface area contributed by atoms with Crippen molar-refractivity contribution in [3.8, 4) is 11.3 Å². The highest BCUT2D eigenvalue weighted by Gasteiger charge is 2.07. The van der Waals surface area contributed by atoms with E-state index in [0.717, 1.165) is 48.8 Å². The summed E-state index contributed by atoms with van der Waals surface area (Å²) in [5.41, 5.74) is 2.92. The van der Waals surface area contributed by atoms with Gasteiger partial charge >= 0.3 is 0 Å². The second-order valence-electron chi connectivity index (χ2n) is 6.43. The van der Waals surface area contributed by atoms with Crippen LogP contribution < -0.4 is 10.6 Å². The number of hydrogen-bond donors (Lipinski definition) is 2. The van der Waals surface area contributed by atoms with E-state index in [9.17, 15) is 0 Å². The van der Waals surface area contributed by atoms with Crippen LogP contribution in [-0.4, -0.2) is 58.6 Å². The quantitative estimate of drug-likeness (QED) is 0.605. The number of anilines is 2. The topological polar surface area (TPSA) is 78.9 Å². The summed E-state index contributed by atoms with van der Waals surface area (Å²) >= 11 is 0. The van der Waals surface area contributed by atoms with Gasteiger partial charge in [0, 0.05) is 62.0 Å². The molecule has 0 atom stereocenters. The third kappa shape index (κ3) is 6.00. The molecule has 0 bridgehead atoms. The summed E-state index contributed by atoms with van der Waals surface area (Å²) in [6, 6.07) is 11.8. The normalized spacial score (nSPS) is 10.8. The minimum Gasteiger partial charge on any atom is -0.369 e. The third-order valence-corrected chi connectivity index (χ3v) is 3.96. The Bertz CT molecular complexity index is 822. The minimum absolute atomic E-state index is 0.617. The van der Waals surface area contributed by atoms with Crippen molar-refractivity contribution in [3.05, 3.63) is 60.7 Å². The van der Waals surface area contributed by atoms with Crippen molar-refractivity contribution in [2.75, 3.05) is 44.4 Å². The molecule has 27 heavy (non-hydrogen) atoms. The highest BCUT2D eigenvalue weighted by molar-refractivity contribution is 5.63. The Kier molecular flexibility index (Phi) is 6.65. The van der Waals surface area contributed by atoms with Gasteiger partial charge in [-0.05, 0) is 38.4 Å². The molecular weight excluding hydrogens is 338 g/mol. The van der Waals surface area contributed by atoms with E-state index in [4.69, 9.17) is 0 Å². The second kappa shape index (κ2) is 9.59. The van der Waals surface area contributed by atoms with E-state index in [1.807, 2.05) is 56.7 Å². The molecule has 140 valence electrons. The van der Waals surface area contributed by atoms with Crippen molar-refractivity contribution in [1.82, 2.24) is 24.8 Å². The fourth-order valence-electron chi connectivity index (χ4n) is 2.54. The molecule has 0 aliphatic rings. The SMILES string of the molecule is CN(C)CCNc1nc(NCCc2ccccn2)cc(-c2ccncc2)n1. The van der Waals surface area contributed by atoms with E-state index < -0.39 is 0 Å². The van der Waals surface area contributed by atoms with Gasteiger partial charge in [0.05, 0.1) is 5.69 Å². The number of aromatic nitrogens is 4. The molecule has 3 heterocycles. The van der Waals surface area contributed by atoms with Crippen molar-refractivity contribution in [3.63, 3.8) is 0 Å². The van der Waals surface area contributed by atoms with Gasteiger partial charge in [0.15, 0.2) is 0 Å². The molecule has 3 aromatic rings. The zero-order valence-corrected chi connectivity index (χ0v) is 15.8. The number of nitrogens with zero attached hydrogens (tertiary/aromatic N) is 5. The predicted octanol–water partition coefficient (Wildman–Crippen LogP) is 2.56. The zero-order chi connectivity index (χ0) is 18.9. The smallest absolute Gasteiger partial charge is 0.225 e. The molecule has 0 aliphatic carbocycles. The molecule has 0 saturated carbocycles. The molecule has 0 saturated heterocycles. The maximum atomic E-state index is 4.65. The van der Waals surface area contributed by atoms with Crippen molar-refractivity contribution in [2.45, 2.75) is 6.42 Å². The van der Waals surface area contributed by atoms with Gasteiger partial charge in [-0.1, -0.05) is 6.07 Å². The first kappa shape index (κ1) is 18.7. The standard InChI is InChI=1S/C20H25N7/c1-27(2)14-13-24-20-25-18(16-6-10-21-11-7-16)15-19(26-20)23-12-8-17-5-3-4-9-22-17/h3-7,9-11,15H,8,12-14H2,1-2H3,(H2,23,24,25,26). The van der Waals surface area contributed by atoms with Crippen LogP contribution in [0.1, 0.15) is 5.69 Å². The molecule has 0 amide bonds. The van der Waals surface area contributed by atoms with Crippen molar-refractivity contribution < 1.29 is 0 Å². The number of pyridine rings is 2. The molecule has 2 N–H and O–H groups in total. The van der Waals surface area contributed by atoms with Gasteiger partial charge in [-0.15, -0.1) is 0 Å². The summed E-state index contributed by atoms with van der Waals surface area (Å²) in [6.45, 7) is 2.44. The fraction of sp³-hybridized carbons (Fsp3) is 0.300. The Morgan fingerprint density at radius 3 is 2.52 bits per heavy atom. The molecule has 0 aromatic carbocycles. The Labute approximate surface area is 159 Å². The highest BCUT2D eigenvalue weighted by atomic mass is 15.2. The summed E-state index contributed by atoms with van der Waals surface area (Å²) in [5.74, 6) is 1.41. The zero-order valence-electron chi connectivity index (χ0n) is 15.8. The third-order valence-electron chi connectivity index (χ3n) is 3.96. The number of hydrogen-bond acceptors (Lipinski definition) is 7. The molecule has 7 heteroatoms. The highest BCUT2D eigenvalue weighted by Crippen LogP contribution is 2.20. The lowest BCUT2D eigenvalue weighted by atomic mass is 10.2. The van der Waals surface area contributed by atoms with E-state index in [1.54, 1.807) is 12.4 Å². The molecule has 0 aliphatic heterocycles. The van der Waals surface area contributed by atoms with Crippen LogP contribution in [0.4, 0.5) is 11.8 Å². The van der Waals surface area contributed by atoms with Gasteiger partial charge in [-0.3, -0.25) is 9.97 Å². The lowest BCUT2D eigenvalue weighted by molar-refractivity contribution is 0.425. The van der Waals surface area contributed by atoms with E-state index in [-0.39, 0.29) is 0 Å². The maximum absolute atomic E-state index is 4.65.